The summed E-state index contributed by atoms with van der Waals surface area (Å²) in [5.41, 5.74) is 0.559. The van der Waals surface area contributed by atoms with E-state index in [0.717, 1.165) is 24.6 Å². The summed E-state index contributed by atoms with van der Waals surface area (Å²) < 4.78 is 19.1. The van der Waals surface area contributed by atoms with Crippen LogP contribution in [0.4, 0.5) is 4.39 Å². The number of fused-ring (bicyclic) bond motifs is 1. The molecule has 3 heteroatoms. The van der Waals surface area contributed by atoms with Gasteiger partial charge < -0.3 is 9.52 Å². The lowest BCUT2D eigenvalue weighted by atomic mass is 9.73. The standard InChI is InChI=1S/C18H23FO2/c1-12(2)11-18(7-3-4-8-18)17(20)16-10-13-9-14(19)5-6-15(13)21-16/h5-6,9-10,12,17,20H,3-4,7-8,11H2,1-2H3. The van der Waals surface area contributed by atoms with Crippen LogP contribution in [0, 0.1) is 17.2 Å². The van der Waals surface area contributed by atoms with Crippen molar-refractivity contribution >= 4 is 11.0 Å². The lowest BCUT2D eigenvalue weighted by Crippen LogP contribution is -2.27. The third-order valence-corrected chi connectivity index (χ3v) is 4.76. The summed E-state index contributed by atoms with van der Waals surface area (Å²) in [5, 5.41) is 11.6. The lowest BCUT2D eigenvalue weighted by molar-refractivity contribution is -0.00266. The maximum Gasteiger partial charge on any atom is 0.134 e. The largest absolute Gasteiger partial charge is 0.458 e. The minimum absolute atomic E-state index is 0.0828. The van der Waals surface area contributed by atoms with Gasteiger partial charge in [0.15, 0.2) is 0 Å². The highest BCUT2D eigenvalue weighted by atomic mass is 19.1. The van der Waals surface area contributed by atoms with Crippen LogP contribution < -0.4 is 0 Å². The smallest absolute Gasteiger partial charge is 0.134 e. The van der Waals surface area contributed by atoms with E-state index >= 15 is 0 Å². The zero-order chi connectivity index (χ0) is 15.0. The van der Waals surface area contributed by atoms with E-state index < -0.39 is 6.10 Å². The fraction of sp³-hybridized carbons (Fsp3) is 0.556. The molecule has 21 heavy (non-hydrogen) atoms. The topological polar surface area (TPSA) is 33.4 Å². The Kier molecular flexibility index (Phi) is 3.78. The van der Waals surface area contributed by atoms with E-state index in [1.807, 2.05) is 0 Å². The Balaban J connectivity index is 1.95. The van der Waals surface area contributed by atoms with Crippen molar-refractivity contribution in [3.63, 3.8) is 0 Å². The van der Waals surface area contributed by atoms with Crippen molar-refractivity contribution in [1.82, 2.24) is 0 Å². The van der Waals surface area contributed by atoms with Gasteiger partial charge in [0.25, 0.3) is 0 Å². The molecule has 1 aliphatic rings. The molecule has 0 saturated heterocycles. The summed E-state index contributed by atoms with van der Waals surface area (Å²) in [6.45, 7) is 4.39. The van der Waals surface area contributed by atoms with Crippen molar-refractivity contribution in [3.05, 3.63) is 35.8 Å². The van der Waals surface area contributed by atoms with Gasteiger partial charge in [-0.2, -0.15) is 0 Å². The Bertz CT molecular complexity index is 623. The predicted octanol–water partition coefficient (Wildman–Crippen LogP) is 5.21. The molecule has 0 radical (unpaired) electrons. The van der Waals surface area contributed by atoms with E-state index in [9.17, 15) is 9.50 Å². The van der Waals surface area contributed by atoms with Crippen LogP contribution in [0.2, 0.25) is 0 Å². The molecule has 1 aliphatic carbocycles. The molecule has 0 amide bonds. The molecule has 1 aromatic carbocycles. The first kappa shape index (κ1) is 14.6. The van der Waals surface area contributed by atoms with Crippen molar-refractivity contribution in [1.29, 1.82) is 0 Å². The molecule has 1 heterocycles. The Labute approximate surface area is 125 Å². The van der Waals surface area contributed by atoms with Crippen LogP contribution in [0.5, 0.6) is 0 Å². The second-order valence-electron chi connectivity index (χ2n) is 6.90. The van der Waals surface area contributed by atoms with Crippen LogP contribution in [0.15, 0.2) is 28.7 Å². The molecule has 2 aromatic rings. The summed E-state index contributed by atoms with van der Waals surface area (Å²) in [5.74, 6) is 0.847. The number of aliphatic hydroxyl groups is 1. The first-order valence-electron chi connectivity index (χ1n) is 7.87. The minimum Gasteiger partial charge on any atom is -0.458 e. The van der Waals surface area contributed by atoms with Gasteiger partial charge in [-0.1, -0.05) is 26.7 Å². The van der Waals surface area contributed by atoms with E-state index in [-0.39, 0.29) is 11.2 Å². The second-order valence-corrected chi connectivity index (χ2v) is 6.90. The molecule has 1 N–H and O–H groups in total. The summed E-state index contributed by atoms with van der Waals surface area (Å²) in [4.78, 5) is 0. The fourth-order valence-corrected chi connectivity index (χ4v) is 3.95. The monoisotopic (exact) mass is 290 g/mol. The van der Waals surface area contributed by atoms with Crippen LogP contribution in [0.3, 0.4) is 0 Å². The maximum absolute atomic E-state index is 13.3. The zero-order valence-corrected chi connectivity index (χ0v) is 12.7. The van der Waals surface area contributed by atoms with Crippen LogP contribution in [-0.4, -0.2) is 5.11 Å². The van der Waals surface area contributed by atoms with E-state index in [4.69, 9.17) is 4.42 Å². The number of furan rings is 1. The minimum atomic E-state index is -0.599. The number of hydrogen-bond acceptors (Lipinski definition) is 2. The number of rotatable bonds is 4. The van der Waals surface area contributed by atoms with Crippen LogP contribution in [0.1, 0.15) is 57.8 Å². The number of hydrogen-bond donors (Lipinski definition) is 1. The van der Waals surface area contributed by atoms with Crippen molar-refractivity contribution in [2.75, 3.05) is 0 Å². The molecule has 1 aromatic heterocycles. The molecule has 1 atom stereocenters. The van der Waals surface area contributed by atoms with Crippen molar-refractivity contribution in [3.8, 4) is 0 Å². The summed E-state index contributed by atoms with van der Waals surface area (Å²) in [7, 11) is 0. The summed E-state index contributed by atoms with van der Waals surface area (Å²) in [6, 6.07) is 6.27. The van der Waals surface area contributed by atoms with Gasteiger partial charge in [0.1, 0.15) is 23.3 Å². The molecule has 2 nitrogen and oxygen atoms in total. The number of benzene rings is 1. The van der Waals surface area contributed by atoms with Gasteiger partial charge in [-0.3, -0.25) is 0 Å². The predicted molar refractivity (Wildman–Crippen MR) is 81.5 cm³/mol. The molecule has 0 bridgehead atoms. The summed E-state index contributed by atoms with van der Waals surface area (Å²) in [6.07, 6.45) is 4.81. The van der Waals surface area contributed by atoms with Gasteiger partial charge in [0.2, 0.25) is 0 Å². The van der Waals surface area contributed by atoms with E-state index in [2.05, 4.69) is 13.8 Å². The molecule has 1 fully saturated rings. The number of aliphatic hydroxyl groups excluding tert-OH is 1. The van der Waals surface area contributed by atoms with Gasteiger partial charge in [0.05, 0.1) is 0 Å². The van der Waals surface area contributed by atoms with E-state index in [0.29, 0.717) is 17.3 Å². The number of halogens is 1. The maximum atomic E-state index is 13.3. The van der Waals surface area contributed by atoms with Gasteiger partial charge >= 0.3 is 0 Å². The molecule has 1 saturated carbocycles. The van der Waals surface area contributed by atoms with Gasteiger partial charge in [0, 0.05) is 10.8 Å². The molecule has 0 spiro atoms. The molecule has 0 aliphatic heterocycles. The van der Waals surface area contributed by atoms with Crippen LogP contribution in [0.25, 0.3) is 11.0 Å². The molecular formula is C18H23FO2. The van der Waals surface area contributed by atoms with Crippen molar-refractivity contribution in [2.24, 2.45) is 11.3 Å². The first-order chi connectivity index (χ1) is 10.00. The SMILES string of the molecule is CC(C)CC1(C(O)c2cc3cc(F)ccc3o2)CCCC1. The summed E-state index contributed by atoms with van der Waals surface area (Å²) >= 11 is 0. The first-order valence-corrected chi connectivity index (χ1v) is 7.87. The quantitative estimate of drug-likeness (QED) is 0.838. The highest BCUT2D eigenvalue weighted by molar-refractivity contribution is 5.78. The van der Waals surface area contributed by atoms with Gasteiger partial charge in [-0.25, -0.2) is 4.39 Å². The molecule has 1 unspecified atom stereocenters. The van der Waals surface area contributed by atoms with Crippen molar-refractivity contribution < 1.29 is 13.9 Å². The zero-order valence-electron chi connectivity index (χ0n) is 12.7. The Morgan fingerprint density at radius 2 is 1.95 bits per heavy atom. The van der Waals surface area contributed by atoms with Gasteiger partial charge in [-0.05, 0) is 49.4 Å². The molecule has 114 valence electrons. The van der Waals surface area contributed by atoms with Gasteiger partial charge in [-0.15, -0.1) is 0 Å². The highest BCUT2D eigenvalue weighted by Gasteiger charge is 2.43. The Hall–Kier alpha value is -1.35. The average Bonchev–Trinajstić information content (AvgIpc) is 3.04. The second kappa shape index (κ2) is 5.45. The third kappa shape index (κ3) is 2.71. The van der Waals surface area contributed by atoms with E-state index in [1.165, 1.54) is 25.0 Å². The Morgan fingerprint density at radius 1 is 1.24 bits per heavy atom. The normalized spacial score (nSPS) is 19.5. The fourth-order valence-electron chi connectivity index (χ4n) is 3.95. The Morgan fingerprint density at radius 3 is 2.62 bits per heavy atom. The van der Waals surface area contributed by atoms with Crippen molar-refractivity contribution in [2.45, 2.75) is 52.1 Å². The van der Waals surface area contributed by atoms with E-state index in [1.54, 1.807) is 12.1 Å². The lowest BCUT2D eigenvalue weighted by Gasteiger charge is -2.34. The average molecular weight is 290 g/mol. The third-order valence-electron chi connectivity index (χ3n) is 4.76. The van der Waals surface area contributed by atoms with Crippen LogP contribution in [-0.2, 0) is 0 Å². The van der Waals surface area contributed by atoms with Crippen LogP contribution >= 0.6 is 0 Å². The highest BCUT2D eigenvalue weighted by Crippen LogP contribution is 2.52. The molecule has 3 rings (SSSR count). The molecular weight excluding hydrogens is 267 g/mol.